The summed E-state index contributed by atoms with van der Waals surface area (Å²) in [7, 11) is 0. The first-order valence-corrected chi connectivity index (χ1v) is 10.1. The SMILES string of the molecule is O=C1CCCN1[C@H]1COCC[C@@H]1N1Cc2ccc(-c3noc(C(F)(F)F)n3)cc2C1=O. The van der Waals surface area contributed by atoms with Crippen LogP contribution in [0.5, 0.6) is 0 Å². The van der Waals surface area contributed by atoms with E-state index in [-0.39, 0.29) is 35.3 Å². The molecule has 2 amide bonds. The van der Waals surface area contributed by atoms with Crippen LogP contribution in [0, 0.1) is 0 Å². The van der Waals surface area contributed by atoms with E-state index in [0.717, 1.165) is 12.0 Å². The molecular weight excluding hydrogens is 417 g/mol. The summed E-state index contributed by atoms with van der Waals surface area (Å²) in [5, 5.41) is 3.39. The van der Waals surface area contributed by atoms with Crippen molar-refractivity contribution >= 4 is 11.8 Å². The van der Waals surface area contributed by atoms with E-state index in [9.17, 15) is 22.8 Å². The van der Waals surface area contributed by atoms with Gasteiger partial charge in [0.25, 0.3) is 5.91 Å². The number of rotatable bonds is 3. The highest BCUT2D eigenvalue weighted by molar-refractivity contribution is 5.99. The van der Waals surface area contributed by atoms with E-state index >= 15 is 0 Å². The summed E-state index contributed by atoms with van der Waals surface area (Å²) >= 11 is 0. The molecule has 3 aliphatic heterocycles. The number of aromatic nitrogens is 2. The second-order valence-electron chi connectivity index (χ2n) is 7.91. The second kappa shape index (κ2) is 7.33. The Morgan fingerprint density at radius 3 is 2.68 bits per heavy atom. The molecule has 3 aliphatic rings. The first-order valence-electron chi connectivity index (χ1n) is 10.1. The van der Waals surface area contributed by atoms with Crippen LogP contribution in [0.2, 0.25) is 0 Å². The number of carbonyl (C=O) groups is 2. The van der Waals surface area contributed by atoms with Crippen molar-refractivity contribution in [3.63, 3.8) is 0 Å². The lowest BCUT2D eigenvalue weighted by Crippen LogP contribution is -2.57. The molecule has 2 saturated heterocycles. The zero-order valence-corrected chi connectivity index (χ0v) is 16.4. The molecule has 31 heavy (non-hydrogen) atoms. The summed E-state index contributed by atoms with van der Waals surface area (Å²) in [5.74, 6) is -1.81. The first-order chi connectivity index (χ1) is 14.8. The van der Waals surface area contributed by atoms with Crippen LogP contribution in [-0.2, 0) is 22.3 Å². The molecule has 8 nitrogen and oxygen atoms in total. The Hall–Kier alpha value is -2.95. The van der Waals surface area contributed by atoms with Crippen LogP contribution in [0.3, 0.4) is 0 Å². The summed E-state index contributed by atoms with van der Waals surface area (Å²) in [6.07, 6.45) is -2.82. The van der Waals surface area contributed by atoms with Crippen LogP contribution in [0.25, 0.3) is 11.4 Å². The maximum absolute atomic E-state index is 13.2. The third-order valence-corrected chi connectivity index (χ3v) is 6.07. The molecule has 0 unspecified atom stereocenters. The predicted molar refractivity (Wildman–Crippen MR) is 98.6 cm³/mol. The molecule has 2 atom stereocenters. The number of ether oxygens (including phenoxy) is 1. The highest BCUT2D eigenvalue weighted by atomic mass is 19.4. The van der Waals surface area contributed by atoms with Crippen molar-refractivity contribution in [1.82, 2.24) is 19.9 Å². The topological polar surface area (TPSA) is 88.8 Å². The number of nitrogens with zero attached hydrogens (tertiary/aromatic N) is 4. The van der Waals surface area contributed by atoms with Gasteiger partial charge in [-0.2, -0.15) is 18.2 Å². The molecule has 0 saturated carbocycles. The molecule has 0 aliphatic carbocycles. The van der Waals surface area contributed by atoms with Crippen LogP contribution in [-0.4, -0.2) is 63.6 Å². The van der Waals surface area contributed by atoms with Gasteiger partial charge in [0, 0.05) is 37.2 Å². The molecule has 0 spiro atoms. The Labute approximate surface area is 174 Å². The smallest absolute Gasteiger partial charge is 0.379 e. The number of hydrogen-bond donors (Lipinski definition) is 0. The average Bonchev–Trinajstić information content (AvgIpc) is 3.47. The highest BCUT2D eigenvalue weighted by Crippen LogP contribution is 2.34. The third-order valence-electron chi connectivity index (χ3n) is 6.07. The molecule has 11 heteroatoms. The van der Waals surface area contributed by atoms with Gasteiger partial charge >= 0.3 is 12.1 Å². The molecule has 0 radical (unpaired) electrons. The molecule has 1 aromatic heterocycles. The fraction of sp³-hybridized carbons (Fsp3) is 0.500. The van der Waals surface area contributed by atoms with Gasteiger partial charge in [0.2, 0.25) is 11.7 Å². The maximum Gasteiger partial charge on any atom is 0.471 e. The molecule has 5 rings (SSSR count). The standard InChI is InChI=1S/C20H19F3N4O4/c21-20(22,23)19-24-17(25-31-19)11-3-4-12-9-27(18(29)13(12)8-11)14-5-7-30-10-15(14)26-6-1-2-16(26)28/h3-4,8,14-15H,1-2,5-7,9-10H2/t14-,15-/m0/s1. The van der Waals surface area contributed by atoms with Crippen molar-refractivity contribution in [1.29, 1.82) is 0 Å². The van der Waals surface area contributed by atoms with Crippen molar-refractivity contribution in [2.45, 2.75) is 44.1 Å². The lowest BCUT2D eigenvalue weighted by atomic mass is 10.00. The normalized spacial score (nSPS) is 24.2. The fourth-order valence-electron chi connectivity index (χ4n) is 4.58. The molecule has 1 aromatic carbocycles. The molecule has 0 N–H and O–H groups in total. The largest absolute Gasteiger partial charge is 0.471 e. The number of halogens is 3. The molecule has 0 bridgehead atoms. The maximum atomic E-state index is 13.2. The number of fused-ring (bicyclic) bond motifs is 1. The first kappa shape index (κ1) is 20.0. The number of carbonyl (C=O) groups excluding carboxylic acids is 2. The van der Waals surface area contributed by atoms with Gasteiger partial charge in [0.05, 0.1) is 18.7 Å². The highest BCUT2D eigenvalue weighted by Gasteiger charge is 2.43. The van der Waals surface area contributed by atoms with E-state index in [1.54, 1.807) is 17.0 Å². The second-order valence-corrected chi connectivity index (χ2v) is 7.91. The summed E-state index contributed by atoms with van der Waals surface area (Å²) in [6, 6.07) is 4.39. The Morgan fingerprint density at radius 2 is 1.97 bits per heavy atom. The van der Waals surface area contributed by atoms with Gasteiger partial charge in [-0.05, 0) is 24.5 Å². The van der Waals surface area contributed by atoms with Crippen molar-refractivity contribution < 1.29 is 32.0 Å². The van der Waals surface area contributed by atoms with Gasteiger partial charge in [-0.15, -0.1) is 0 Å². The average molecular weight is 436 g/mol. The van der Waals surface area contributed by atoms with Gasteiger partial charge < -0.3 is 19.1 Å². The van der Waals surface area contributed by atoms with E-state index < -0.39 is 12.1 Å². The quantitative estimate of drug-likeness (QED) is 0.735. The molecule has 164 valence electrons. The van der Waals surface area contributed by atoms with E-state index in [2.05, 4.69) is 14.7 Å². The lowest BCUT2D eigenvalue weighted by Gasteiger charge is -2.42. The van der Waals surface area contributed by atoms with Crippen LogP contribution in [0.15, 0.2) is 22.7 Å². The minimum atomic E-state index is -4.74. The number of alkyl halides is 3. The van der Waals surface area contributed by atoms with Crippen molar-refractivity contribution in [2.75, 3.05) is 19.8 Å². The molecule has 4 heterocycles. The summed E-state index contributed by atoms with van der Waals surface area (Å²) < 4.78 is 48.2. The lowest BCUT2D eigenvalue weighted by molar-refractivity contribution is -0.159. The van der Waals surface area contributed by atoms with E-state index in [4.69, 9.17) is 4.74 Å². The van der Waals surface area contributed by atoms with E-state index in [1.807, 2.05) is 4.90 Å². The van der Waals surface area contributed by atoms with Crippen LogP contribution >= 0.6 is 0 Å². The summed E-state index contributed by atoms with van der Waals surface area (Å²) in [4.78, 5) is 32.4. The Kier molecular flexibility index (Phi) is 4.72. The van der Waals surface area contributed by atoms with Gasteiger partial charge in [0.1, 0.15) is 0 Å². The molecule has 2 fully saturated rings. The van der Waals surface area contributed by atoms with Crippen molar-refractivity contribution in [3.05, 3.63) is 35.2 Å². The number of hydrogen-bond acceptors (Lipinski definition) is 6. The number of benzene rings is 1. The van der Waals surface area contributed by atoms with Crippen molar-refractivity contribution in [2.24, 2.45) is 0 Å². The van der Waals surface area contributed by atoms with Crippen LogP contribution in [0.4, 0.5) is 13.2 Å². The molecular formula is C20H19F3N4O4. The predicted octanol–water partition coefficient (Wildman–Crippen LogP) is 2.49. The van der Waals surface area contributed by atoms with Gasteiger partial charge in [-0.3, -0.25) is 9.59 Å². The third kappa shape index (κ3) is 3.46. The van der Waals surface area contributed by atoms with Gasteiger partial charge in [-0.25, -0.2) is 0 Å². The molecule has 2 aromatic rings. The zero-order valence-electron chi connectivity index (χ0n) is 16.4. The summed E-state index contributed by atoms with van der Waals surface area (Å²) in [5.41, 5.74) is 1.44. The Balaban J connectivity index is 1.41. The monoisotopic (exact) mass is 436 g/mol. The minimum Gasteiger partial charge on any atom is -0.379 e. The van der Waals surface area contributed by atoms with E-state index in [1.165, 1.54) is 6.07 Å². The van der Waals surface area contributed by atoms with Crippen molar-refractivity contribution in [3.8, 4) is 11.4 Å². The van der Waals surface area contributed by atoms with Gasteiger partial charge in [-0.1, -0.05) is 17.3 Å². The number of amides is 2. The van der Waals surface area contributed by atoms with Gasteiger partial charge in [0.15, 0.2) is 0 Å². The number of likely N-dealkylation sites (tertiary alicyclic amines) is 1. The zero-order chi connectivity index (χ0) is 21.8. The Bertz CT molecular complexity index is 1040. The van der Waals surface area contributed by atoms with E-state index in [0.29, 0.717) is 44.7 Å². The summed E-state index contributed by atoms with van der Waals surface area (Å²) in [6.45, 7) is 1.90. The Morgan fingerprint density at radius 1 is 1.13 bits per heavy atom. The minimum absolute atomic E-state index is 0.0736. The van der Waals surface area contributed by atoms with Crippen LogP contribution in [0.1, 0.15) is 41.1 Å². The fourth-order valence-corrected chi connectivity index (χ4v) is 4.58. The van der Waals surface area contributed by atoms with Crippen LogP contribution < -0.4 is 0 Å².